The molecule has 1 aromatic carbocycles. The Morgan fingerprint density at radius 1 is 1.35 bits per heavy atom. The lowest BCUT2D eigenvalue weighted by Gasteiger charge is -2.24. The normalized spacial score (nSPS) is 25.8. The fourth-order valence-electron chi connectivity index (χ4n) is 2.26. The maximum Gasteiger partial charge on any atom is 0.410 e. The summed E-state index contributed by atoms with van der Waals surface area (Å²) >= 11 is 0. The van der Waals surface area contributed by atoms with Crippen LogP contribution in [0.4, 0.5) is 4.79 Å². The third kappa shape index (κ3) is 3.27. The van der Waals surface area contributed by atoms with E-state index in [1.165, 1.54) is 12.0 Å². The summed E-state index contributed by atoms with van der Waals surface area (Å²) in [5.41, 5.74) is 0.879. The van der Waals surface area contributed by atoms with E-state index in [-0.39, 0.29) is 19.8 Å². The Morgan fingerprint density at radius 2 is 2.05 bits per heavy atom. The molecule has 6 nitrogen and oxygen atoms in total. The molecule has 1 fully saturated rings. The van der Waals surface area contributed by atoms with Crippen molar-refractivity contribution in [3.8, 4) is 0 Å². The number of rotatable bonds is 4. The Hall–Kier alpha value is -1.63. The third-order valence-electron chi connectivity index (χ3n) is 3.35. The minimum absolute atomic E-state index is 0.0445. The Labute approximate surface area is 117 Å². The molecule has 0 aromatic heterocycles. The Morgan fingerprint density at radius 3 is 2.70 bits per heavy atom. The number of carbonyl (C=O) groups is 1. The molecule has 0 radical (unpaired) electrons. The van der Waals surface area contributed by atoms with E-state index in [1.807, 2.05) is 30.3 Å². The summed E-state index contributed by atoms with van der Waals surface area (Å²) in [5, 5.41) is 19.5. The number of amides is 1. The lowest BCUT2D eigenvalue weighted by molar-refractivity contribution is 0.0110. The van der Waals surface area contributed by atoms with E-state index in [9.17, 15) is 15.0 Å². The van der Waals surface area contributed by atoms with Gasteiger partial charge in [-0.2, -0.15) is 0 Å². The summed E-state index contributed by atoms with van der Waals surface area (Å²) in [6, 6.07) is 8.73. The predicted molar refractivity (Wildman–Crippen MR) is 71.0 cm³/mol. The first-order chi connectivity index (χ1) is 9.63. The molecule has 20 heavy (non-hydrogen) atoms. The van der Waals surface area contributed by atoms with Crippen LogP contribution >= 0.6 is 0 Å². The second-order valence-electron chi connectivity index (χ2n) is 4.77. The average Bonchev–Trinajstić information content (AvgIpc) is 2.75. The van der Waals surface area contributed by atoms with E-state index in [2.05, 4.69) is 0 Å². The maximum absolute atomic E-state index is 12.0. The Bertz CT molecular complexity index is 438. The van der Waals surface area contributed by atoms with Crippen molar-refractivity contribution < 1.29 is 24.5 Å². The lowest BCUT2D eigenvalue weighted by atomic mass is 10.1. The summed E-state index contributed by atoms with van der Waals surface area (Å²) in [6.45, 7) is 0.351. The standard InChI is InChI=1S/C14H19NO5/c1-19-9-11-13(17)12(16)7-15(11)14(18)20-8-10-5-3-2-4-6-10/h2-6,11-13,16-17H,7-9H2,1H3/t11-,12+,13-/m1/s1. The first-order valence-electron chi connectivity index (χ1n) is 6.46. The number of ether oxygens (including phenoxy) is 2. The van der Waals surface area contributed by atoms with E-state index in [0.717, 1.165) is 5.56 Å². The molecule has 1 saturated heterocycles. The highest BCUT2D eigenvalue weighted by Gasteiger charge is 2.43. The molecule has 1 aliphatic rings. The molecule has 6 heteroatoms. The summed E-state index contributed by atoms with van der Waals surface area (Å²) in [4.78, 5) is 13.3. The fraction of sp³-hybridized carbons (Fsp3) is 0.500. The topological polar surface area (TPSA) is 79.2 Å². The molecule has 0 bridgehead atoms. The van der Waals surface area contributed by atoms with Gasteiger partial charge in [-0.25, -0.2) is 4.79 Å². The number of benzene rings is 1. The van der Waals surface area contributed by atoms with Crippen LogP contribution in [0.25, 0.3) is 0 Å². The van der Waals surface area contributed by atoms with Crippen LogP contribution in [-0.2, 0) is 16.1 Å². The van der Waals surface area contributed by atoms with E-state index in [0.29, 0.717) is 0 Å². The summed E-state index contributed by atoms with van der Waals surface area (Å²) in [6.07, 6.45) is -2.55. The van der Waals surface area contributed by atoms with E-state index < -0.39 is 24.3 Å². The SMILES string of the molecule is COC[C@@H]1[C@@H](O)[C@@H](O)CN1C(=O)OCc1ccccc1. The van der Waals surface area contributed by atoms with Gasteiger partial charge in [0.1, 0.15) is 12.7 Å². The maximum atomic E-state index is 12.0. The van der Waals surface area contributed by atoms with Crippen LogP contribution < -0.4 is 0 Å². The highest BCUT2D eigenvalue weighted by Crippen LogP contribution is 2.20. The van der Waals surface area contributed by atoms with Crippen molar-refractivity contribution in [3.63, 3.8) is 0 Å². The third-order valence-corrected chi connectivity index (χ3v) is 3.35. The summed E-state index contributed by atoms with van der Waals surface area (Å²) in [7, 11) is 1.48. The van der Waals surface area contributed by atoms with Crippen LogP contribution in [0.15, 0.2) is 30.3 Å². The van der Waals surface area contributed by atoms with E-state index >= 15 is 0 Å². The van der Waals surface area contributed by atoms with E-state index in [4.69, 9.17) is 9.47 Å². The molecule has 1 aromatic rings. The Kier molecular flexibility index (Phi) is 4.94. The fourth-order valence-corrected chi connectivity index (χ4v) is 2.26. The van der Waals surface area contributed by atoms with Crippen LogP contribution in [0.2, 0.25) is 0 Å². The number of likely N-dealkylation sites (tertiary alicyclic amines) is 1. The number of carbonyl (C=O) groups excluding carboxylic acids is 1. The van der Waals surface area contributed by atoms with Gasteiger partial charge in [0.2, 0.25) is 0 Å². The smallest absolute Gasteiger partial charge is 0.410 e. The quantitative estimate of drug-likeness (QED) is 0.834. The first-order valence-corrected chi connectivity index (χ1v) is 6.46. The van der Waals surface area contributed by atoms with Crippen LogP contribution in [0.1, 0.15) is 5.56 Å². The second-order valence-corrected chi connectivity index (χ2v) is 4.77. The first kappa shape index (κ1) is 14.8. The zero-order valence-corrected chi connectivity index (χ0v) is 11.3. The Balaban J connectivity index is 1.94. The van der Waals surface area contributed by atoms with Gasteiger partial charge in [0.05, 0.1) is 25.3 Å². The molecule has 110 valence electrons. The van der Waals surface area contributed by atoms with E-state index in [1.54, 1.807) is 0 Å². The van der Waals surface area contributed by atoms with Gasteiger partial charge in [-0.05, 0) is 5.56 Å². The highest BCUT2D eigenvalue weighted by atomic mass is 16.6. The van der Waals surface area contributed by atoms with Crippen LogP contribution in [0.5, 0.6) is 0 Å². The molecule has 2 N–H and O–H groups in total. The monoisotopic (exact) mass is 281 g/mol. The molecular weight excluding hydrogens is 262 g/mol. The number of methoxy groups -OCH3 is 1. The van der Waals surface area contributed by atoms with Crippen molar-refractivity contribution in [1.29, 1.82) is 0 Å². The predicted octanol–water partition coefficient (Wildman–Crippen LogP) is 0.376. The minimum atomic E-state index is -1.01. The van der Waals surface area contributed by atoms with Gasteiger partial charge in [0, 0.05) is 7.11 Å². The second kappa shape index (κ2) is 6.69. The van der Waals surface area contributed by atoms with Gasteiger partial charge in [-0.15, -0.1) is 0 Å². The summed E-state index contributed by atoms with van der Waals surface area (Å²) < 4.78 is 10.2. The molecule has 0 saturated carbocycles. The zero-order valence-electron chi connectivity index (χ0n) is 11.3. The number of β-amino-alcohol motifs (C(OH)–C–C–N with tert-alkyl or cyclic N) is 1. The van der Waals surface area contributed by atoms with Crippen molar-refractivity contribution in [2.45, 2.75) is 24.9 Å². The van der Waals surface area contributed by atoms with Gasteiger partial charge in [0.15, 0.2) is 0 Å². The molecule has 1 heterocycles. The van der Waals surface area contributed by atoms with Crippen LogP contribution in [0.3, 0.4) is 0 Å². The largest absolute Gasteiger partial charge is 0.445 e. The minimum Gasteiger partial charge on any atom is -0.445 e. The molecule has 0 aliphatic carbocycles. The molecular formula is C14H19NO5. The van der Waals surface area contributed by atoms with Gasteiger partial charge in [0.25, 0.3) is 0 Å². The van der Waals surface area contributed by atoms with Crippen molar-refractivity contribution in [2.75, 3.05) is 20.3 Å². The van der Waals surface area contributed by atoms with Crippen LogP contribution in [0, 0.1) is 0 Å². The van der Waals surface area contributed by atoms with Crippen LogP contribution in [-0.4, -0.2) is 59.7 Å². The molecule has 2 rings (SSSR count). The molecule has 0 spiro atoms. The number of hydrogen-bond donors (Lipinski definition) is 2. The van der Waals surface area contributed by atoms with Crippen molar-refractivity contribution in [1.82, 2.24) is 4.90 Å². The summed E-state index contributed by atoms with van der Waals surface area (Å²) in [5.74, 6) is 0. The zero-order chi connectivity index (χ0) is 14.5. The van der Waals surface area contributed by atoms with Gasteiger partial charge >= 0.3 is 6.09 Å². The van der Waals surface area contributed by atoms with Crippen molar-refractivity contribution in [2.24, 2.45) is 0 Å². The number of hydrogen-bond acceptors (Lipinski definition) is 5. The van der Waals surface area contributed by atoms with Crippen molar-refractivity contribution >= 4 is 6.09 Å². The highest BCUT2D eigenvalue weighted by molar-refractivity contribution is 5.68. The van der Waals surface area contributed by atoms with Crippen molar-refractivity contribution in [3.05, 3.63) is 35.9 Å². The molecule has 0 unspecified atom stereocenters. The number of aliphatic hydroxyl groups is 2. The number of nitrogens with zero attached hydrogens (tertiary/aromatic N) is 1. The molecule has 1 amide bonds. The lowest BCUT2D eigenvalue weighted by Crippen LogP contribution is -2.43. The molecule has 1 aliphatic heterocycles. The molecule has 3 atom stereocenters. The van der Waals surface area contributed by atoms with Gasteiger partial charge in [-0.3, -0.25) is 4.90 Å². The van der Waals surface area contributed by atoms with Gasteiger partial charge in [-0.1, -0.05) is 30.3 Å². The van der Waals surface area contributed by atoms with Gasteiger partial charge < -0.3 is 19.7 Å². The number of aliphatic hydroxyl groups excluding tert-OH is 2. The average molecular weight is 281 g/mol.